The van der Waals surface area contributed by atoms with Crippen molar-refractivity contribution in [1.29, 1.82) is 0 Å². The molecular weight excluding hydrogens is 558 g/mol. The Balaban J connectivity index is 1.44. The number of fused-ring (bicyclic) bond motifs is 7. The van der Waals surface area contributed by atoms with Crippen molar-refractivity contribution in [2.24, 2.45) is 0 Å². The van der Waals surface area contributed by atoms with E-state index in [1.807, 2.05) is 6.20 Å². The van der Waals surface area contributed by atoms with Crippen LogP contribution in [0, 0.1) is 13.8 Å². The minimum atomic E-state index is 0.942. The molecule has 0 unspecified atom stereocenters. The van der Waals surface area contributed by atoms with Gasteiger partial charge in [-0.15, -0.1) is 0 Å². The van der Waals surface area contributed by atoms with Crippen LogP contribution in [0.1, 0.15) is 11.1 Å². The molecule has 0 bridgehead atoms. The lowest BCUT2D eigenvalue weighted by molar-refractivity contribution is 1.35. The Kier molecular flexibility index (Phi) is 5.94. The molecular formula is C43H29N3. The average molecular weight is 588 g/mol. The van der Waals surface area contributed by atoms with Gasteiger partial charge in [-0.05, 0) is 59.3 Å². The maximum atomic E-state index is 5.45. The smallest absolute Gasteiger partial charge is 0.0791 e. The summed E-state index contributed by atoms with van der Waals surface area (Å²) in [4.78, 5) is 15.6. The van der Waals surface area contributed by atoms with Crippen LogP contribution in [0.3, 0.4) is 0 Å². The summed E-state index contributed by atoms with van der Waals surface area (Å²) in [5.74, 6) is 0. The third-order valence-corrected chi connectivity index (χ3v) is 9.40. The Morgan fingerprint density at radius 2 is 0.957 bits per heavy atom. The molecule has 216 valence electrons. The van der Waals surface area contributed by atoms with Gasteiger partial charge in [-0.25, -0.2) is 9.97 Å². The van der Waals surface area contributed by atoms with Crippen molar-refractivity contribution in [2.75, 3.05) is 0 Å². The van der Waals surface area contributed by atoms with E-state index < -0.39 is 0 Å². The van der Waals surface area contributed by atoms with E-state index in [9.17, 15) is 0 Å². The van der Waals surface area contributed by atoms with E-state index in [0.717, 1.165) is 61.0 Å². The molecule has 0 spiro atoms. The second kappa shape index (κ2) is 10.3. The Morgan fingerprint density at radius 1 is 0.413 bits per heavy atom. The molecule has 46 heavy (non-hydrogen) atoms. The first-order valence-electron chi connectivity index (χ1n) is 15.7. The van der Waals surface area contributed by atoms with Gasteiger partial charge in [-0.3, -0.25) is 4.98 Å². The summed E-state index contributed by atoms with van der Waals surface area (Å²) in [6.45, 7) is 4.53. The molecule has 3 heteroatoms. The van der Waals surface area contributed by atoms with Crippen molar-refractivity contribution >= 4 is 54.1 Å². The van der Waals surface area contributed by atoms with Crippen LogP contribution in [-0.4, -0.2) is 15.0 Å². The molecule has 0 saturated carbocycles. The first kappa shape index (κ1) is 26.5. The zero-order valence-corrected chi connectivity index (χ0v) is 25.6. The van der Waals surface area contributed by atoms with Crippen LogP contribution in [0.25, 0.3) is 87.9 Å². The van der Waals surface area contributed by atoms with Crippen LogP contribution in [-0.2, 0) is 0 Å². The molecule has 0 atom stereocenters. The van der Waals surface area contributed by atoms with Gasteiger partial charge < -0.3 is 0 Å². The summed E-state index contributed by atoms with van der Waals surface area (Å²) < 4.78 is 0. The van der Waals surface area contributed by atoms with Gasteiger partial charge >= 0.3 is 0 Å². The van der Waals surface area contributed by atoms with Gasteiger partial charge in [0.25, 0.3) is 0 Å². The van der Waals surface area contributed by atoms with E-state index in [4.69, 9.17) is 15.0 Å². The van der Waals surface area contributed by atoms with Crippen LogP contribution in [0.4, 0.5) is 0 Å². The third kappa shape index (κ3) is 4.02. The van der Waals surface area contributed by atoms with Crippen LogP contribution < -0.4 is 0 Å². The lowest BCUT2D eigenvalue weighted by Crippen LogP contribution is -1.99. The van der Waals surface area contributed by atoms with Crippen LogP contribution in [0.5, 0.6) is 0 Å². The SMILES string of the molecule is Cc1c2c(-c3ccccc3)nc3cc(-c4cc5ccccc5cn4)ccc3c2c(C)c2c(-c3ccccc3)nc3ccccc3c12. The number of para-hydroxylation sites is 1. The molecule has 0 aliphatic rings. The number of pyridine rings is 3. The summed E-state index contributed by atoms with van der Waals surface area (Å²) in [6, 6.07) is 46.9. The topological polar surface area (TPSA) is 38.7 Å². The molecule has 9 rings (SSSR count). The zero-order chi connectivity index (χ0) is 30.8. The lowest BCUT2D eigenvalue weighted by Gasteiger charge is -2.21. The van der Waals surface area contributed by atoms with Crippen molar-refractivity contribution in [1.82, 2.24) is 15.0 Å². The number of hydrogen-bond donors (Lipinski definition) is 0. The van der Waals surface area contributed by atoms with E-state index in [1.165, 1.54) is 38.1 Å². The number of aryl methyl sites for hydroxylation is 2. The molecule has 9 aromatic rings. The second-order valence-corrected chi connectivity index (χ2v) is 12.1. The zero-order valence-electron chi connectivity index (χ0n) is 25.6. The fourth-order valence-corrected chi connectivity index (χ4v) is 7.25. The van der Waals surface area contributed by atoms with Crippen molar-refractivity contribution in [3.8, 4) is 33.8 Å². The van der Waals surface area contributed by atoms with Gasteiger partial charge in [0.1, 0.15) is 0 Å². The van der Waals surface area contributed by atoms with Crippen molar-refractivity contribution < 1.29 is 0 Å². The van der Waals surface area contributed by atoms with E-state index in [-0.39, 0.29) is 0 Å². The highest BCUT2D eigenvalue weighted by atomic mass is 14.7. The molecule has 0 saturated heterocycles. The predicted molar refractivity (Wildman–Crippen MR) is 193 cm³/mol. The number of hydrogen-bond acceptors (Lipinski definition) is 3. The predicted octanol–water partition coefficient (Wildman–Crippen LogP) is 11.3. The quantitative estimate of drug-likeness (QED) is 0.152. The van der Waals surface area contributed by atoms with Crippen molar-refractivity contribution in [3.05, 3.63) is 151 Å². The second-order valence-electron chi connectivity index (χ2n) is 12.1. The Bertz CT molecular complexity index is 2640. The average Bonchev–Trinajstić information content (AvgIpc) is 3.12. The molecule has 0 aliphatic heterocycles. The van der Waals surface area contributed by atoms with E-state index in [1.54, 1.807) is 0 Å². The van der Waals surface area contributed by atoms with Crippen molar-refractivity contribution in [2.45, 2.75) is 13.8 Å². The molecule has 6 aromatic carbocycles. The Hall–Kier alpha value is -5.93. The Labute approximate surface area is 266 Å². The van der Waals surface area contributed by atoms with Crippen LogP contribution in [0.15, 0.2) is 140 Å². The number of rotatable bonds is 3. The monoisotopic (exact) mass is 587 g/mol. The molecule has 0 amide bonds. The van der Waals surface area contributed by atoms with E-state index in [0.29, 0.717) is 0 Å². The molecule has 0 radical (unpaired) electrons. The van der Waals surface area contributed by atoms with Gasteiger partial charge in [0.05, 0.1) is 28.1 Å². The van der Waals surface area contributed by atoms with Gasteiger partial charge in [-0.2, -0.15) is 0 Å². The van der Waals surface area contributed by atoms with Gasteiger partial charge in [0.2, 0.25) is 0 Å². The summed E-state index contributed by atoms with van der Waals surface area (Å²) in [5, 5.41) is 9.46. The summed E-state index contributed by atoms with van der Waals surface area (Å²) in [6.07, 6.45) is 1.96. The fourth-order valence-electron chi connectivity index (χ4n) is 7.25. The molecule has 0 N–H and O–H groups in total. The molecule has 0 fully saturated rings. The summed E-state index contributed by atoms with van der Waals surface area (Å²) in [7, 11) is 0. The minimum absolute atomic E-state index is 0.942. The van der Waals surface area contributed by atoms with Gasteiger partial charge in [0.15, 0.2) is 0 Å². The molecule has 0 aliphatic carbocycles. The normalized spacial score (nSPS) is 11.7. The minimum Gasteiger partial charge on any atom is -0.256 e. The number of nitrogens with zero attached hydrogens (tertiary/aromatic N) is 3. The van der Waals surface area contributed by atoms with Crippen LogP contribution in [0.2, 0.25) is 0 Å². The van der Waals surface area contributed by atoms with Crippen LogP contribution >= 0.6 is 0 Å². The maximum Gasteiger partial charge on any atom is 0.0791 e. The number of benzene rings is 6. The van der Waals surface area contributed by atoms with Gasteiger partial charge in [0, 0.05) is 49.8 Å². The molecule has 3 nitrogen and oxygen atoms in total. The maximum absolute atomic E-state index is 5.45. The van der Waals surface area contributed by atoms with E-state index in [2.05, 4.69) is 147 Å². The third-order valence-electron chi connectivity index (χ3n) is 9.40. The highest BCUT2D eigenvalue weighted by Crippen LogP contribution is 2.45. The largest absolute Gasteiger partial charge is 0.256 e. The Morgan fingerprint density at radius 3 is 1.63 bits per heavy atom. The first-order chi connectivity index (χ1) is 22.7. The van der Waals surface area contributed by atoms with Gasteiger partial charge in [-0.1, -0.05) is 115 Å². The summed E-state index contributed by atoms with van der Waals surface area (Å²) >= 11 is 0. The van der Waals surface area contributed by atoms with E-state index >= 15 is 0 Å². The highest BCUT2D eigenvalue weighted by molar-refractivity contribution is 6.25. The lowest BCUT2D eigenvalue weighted by atomic mass is 9.85. The standard InChI is InChI=1S/C43H29N3/c1-26-38-33-19-11-12-20-35(33)45-42(28-13-5-3-6-14-28)40(38)27(2)39-34-22-21-31(36-23-30-17-9-10-18-32(30)25-44-36)24-37(34)46-43(41(26)39)29-15-7-4-8-16-29/h3-25H,1-2H3. The molecule has 3 aromatic heterocycles. The highest BCUT2D eigenvalue weighted by Gasteiger charge is 2.22. The fraction of sp³-hybridized carbons (Fsp3) is 0.0465. The summed E-state index contributed by atoms with van der Waals surface area (Å²) in [5.41, 5.74) is 10.6. The first-order valence-corrected chi connectivity index (χ1v) is 15.7. The number of aromatic nitrogens is 3. The van der Waals surface area contributed by atoms with Crippen molar-refractivity contribution in [3.63, 3.8) is 0 Å². The molecule has 3 heterocycles.